The number of carbonyl (C=O) groups excluding carboxylic acids is 3. The first-order chi connectivity index (χ1) is 41.6. The number of rotatable bonds is 20. The van der Waals surface area contributed by atoms with Gasteiger partial charge in [0.05, 0.1) is 48.4 Å². The van der Waals surface area contributed by atoms with Crippen molar-refractivity contribution >= 4 is 57.0 Å². The SMILES string of the molecule is COc1cc(Nc2ncc(-c3cnc(OC)c(C(=O)NS(=O)(=O)CCN4C(=O)CCC4=O)c3)c(-n3nc(C(F)(F)F)cc3C)n2)cc(OC)c1.COc1cc(Nc2ncc(-c3cnc(OC)c(C(=O)O)c3)c(-n3nc(C(F)(F)F)cc3C)n2)cc(OC)c1. The van der Waals surface area contributed by atoms with Crippen LogP contribution < -0.4 is 43.8 Å². The molecule has 0 unspecified atom stereocenters. The van der Waals surface area contributed by atoms with Crippen LogP contribution in [0.3, 0.4) is 0 Å². The lowest BCUT2D eigenvalue weighted by Gasteiger charge is -2.16. The van der Waals surface area contributed by atoms with Crippen LogP contribution in [-0.4, -0.2) is 147 Å². The summed E-state index contributed by atoms with van der Waals surface area (Å²) in [5.41, 5.74) is -1.34. The molecule has 27 nitrogen and oxygen atoms in total. The van der Waals surface area contributed by atoms with Crippen LogP contribution in [0.4, 0.5) is 49.6 Å². The molecule has 0 saturated carbocycles. The predicted octanol–water partition coefficient (Wildman–Crippen LogP) is 7.55. The maximum Gasteiger partial charge on any atom is 0.435 e. The molecule has 34 heteroatoms. The zero-order chi connectivity index (χ0) is 64.0. The van der Waals surface area contributed by atoms with Gasteiger partial charge in [0.2, 0.25) is 45.5 Å². The Kier molecular flexibility index (Phi) is 18.6. The first-order valence-corrected chi connectivity index (χ1v) is 27.0. The van der Waals surface area contributed by atoms with Crippen LogP contribution >= 0.6 is 0 Å². The first kappa shape index (κ1) is 63.4. The van der Waals surface area contributed by atoms with Crippen molar-refractivity contribution in [2.75, 3.05) is 65.6 Å². The number of sulfonamides is 1. The molecule has 1 aliphatic rings. The van der Waals surface area contributed by atoms with Gasteiger partial charge in [0, 0.05) is 126 Å². The van der Waals surface area contributed by atoms with Crippen LogP contribution in [-0.2, 0) is 32.0 Å². The number of aromatic nitrogens is 10. The van der Waals surface area contributed by atoms with Crippen molar-refractivity contribution in [2.24, 2.45) is 0 Å². The Labute approximate surface area is 494 Å². The van der Waals surface area contributed by atoms with Crippen LogP contribution in [0.1, 0.15) is 56.3 Å². The number of pyridine rings is 2. The highest BCUT2D eigenvalue weighted by Crippen LogP contribution is 2.37. The van der Waals surface area contributed by atoms with Gasteiger partial charge in [-0.3, -0.25) is 19.3 Å². The summed E-state index contributed by atoms with van der Waals surface area (Å²) in [4.78, 5) is 75.1. The van der Waals surface area contributed by atoms with E-state index >= 15 is 0 Å². The van der Waals surface area contributed by atoms with Gasteiger partial charge in [0.1, 0.15) is 34.1 Å². The summed E-state index contributed by atoms with van der Waals surface area (Å²) >= 11 is 0. The number of hydrogen-bond acceptors (Lipinski definition) is 22. The van der Waals surface area contributed by atoms with Gasteiger partial charge in [-0.1, -0.05) is 0 Å². The Hall–Kier alpha value is -10.7. The largest absolute Gasteiger partial charge is 0.497 e. The van der Waals surface area contributed by atoms with E-state index in [1.165, 1.54) is 93.4 Å². The fraction of sp³-hybridized carbons (Fsp3) is 0.259. The standard InChI is InChI=1S/C30H29F3N8O8S.C24H21F3N6O5/c1-16-9-23(30(31,32)33)38-41(16)26-22(15-35-29(37-26)36-18-11-19(47-2)13-20(12-18)48-3)17-10-21(28(49-4)34-14-17)27(44)39-50(45,46)8-7-40-24(42)5-6-25(40)43;1-12-5-19(24(25,26)27)32-33(12)20-18(13-6-17(22(34)35)21(38-4)28-10-13)11-29-23(31-20)30-14-7-15(36-2)9-16(8-14)37-3/h9-15H,5-8H2,1-4H3,(H,39,44)(H,35,36,37);5-11H,1-4H3,(H,34,35)(H,29,30,31). The van der Waals surface area contributed by atoms with Crippen molar-refractivity contribution in [2.45, 2.75) is 39.0 Å². The number of amides is 3. The molecular weight excluding hydrogens is 1200 g/mol. The molecule has 8 aromatic rings. The lowest BCUT2D eigenvalue weighted by molar-refractivity contribution is -0.142. The number of methoxy groups -OCH3 is 6. The Balaban J connectivity index is 0.000000237. The summed E-state index contributed by atoms with van der Waals surface area (Å²) < 4.78 is 142. The molecule has 9 rings (SSSR count). The number of nitrogens with one attached hydrogen (secondary N) is 3. The molecule has 462 valence electrons. The topological polar surface area (TPSA) is 330 Å². The molecule has 6 aromatic heterocycles. The molecule has 2 aromatic carbocycles. The molecule has 1 aliphatic heterocycles. The lowest BCUT2D eigenvalue weighted by Crippen LogP contribution is -2.39. The molecule has 1 fully saturated rings. The third kappa shape index (κ3) is 14.5. The molecule has 88 heavy (non-hydrogen) atoms. The number of anilines is 4. The Morgan fingerprint density at radius 3 is 1.33 bits per heavy atom. The molecule has 0 spiro atoms. The van der Waals surface area contributed by atoms with Crippen molar-refractivity contribution in [1.29, 1.82) is 0 Å². The van der Waals surface area contributed by atoms with E-state index < -0.39 is 69.8 Å². The van der Waals surface area contributed by atoms with E-state index in [9.17, 15) is 59.0 Å². The Morgan fingerprint density at radius 1 is 0.568 bits per heavy atom. The number of nitrogens with zero attached hydrogens (tertiary/aromatic N) is 11. The number of carboxylic acids is 1. The number of imide groups is 1. The van der Waals surface area contributed by atoms with Gasteiger partial charge in [0.25, 0.3) is 5.91 Å². The number of alkyl halides is 6. The third-order valence-electron chi connectivity index (χ3n) is 12.7. The smallest absolute Gasteiger partial charge is 0.435 e. The molecule has 4 N–H and O–H groups in total. The molecule has 3 amide bonds. The predicted molar refractivity (Wildman–Crippen MR) is 297 cm³/mol. The molecule has 0 aliphatic carbocycles. The highest BCUT2D eigenvalue weighted by Gasteiger charge is 2.37. The van der Waals surface area contributed by atoms with E-state index in [4.69, 9.17) is 28.4 Å². The minimum atomic E-state index is -4.78. The molecule has 0 atom stereocenters. The van der Waals surface area contributed by atoms with Crippen molar-refractivity contribution in [3.8, 4) is 68.6 Å². The van der Waals surface area contributed by atoms with E-state index in [0.29, 0.717) is 34.4 Å². The number of benzene rings is 2. The number of hydrogen-bond donors (Lipinski definition) is 4. The summed E-state index contributed by atoms with van der Waals surface area (Å²) in [6.45, 7) is 2.36. The number of carboxylic acid groups (broad SMARTS) is 1. The quantitative estimate of drug-likeness (QED) is 0.0422. The average Bonchev–Trinajstić information content (AvgIpc) is 2.36. The van der Waals surface area contributed by atoms with Crippen LogP contribution in [0, 0.1) is 13.8 Å². The van der Waals surface area contributed by atoms with Gasteiger partial charge in [0.15, 0.2) is 23.0 Å². The number of aryl methyl sites for hydroxylation is 2. The van der Waals surface area contributed by atoms with Crippen LogP contribution in [0.2, 0.25) is 0 Å². The number of likely N-dealkylation sites (tertiary alicyclic amines) is 1. The van der Waals surface area contributed by atoms with Crippen LogP contribution in [0.25, 0.3) is 33.9 Å². The highest BCUT2D eigenvalue weighted by molar-refractivity contribution is 7.90. The zero-order valence-electron chi connectivity index (χ0n) is 47.4. The second-order valence-corrected chi connectivity index (χ2v) is 20.4. The average molecular weight is 1250 g/mol. The summed E-state index contributed by atoms with van der Waals surface area (Å²) in [5, 5.41) is 22.9. The van der Waals surface area contributed by atoms with Gasteiger partial charge in [-0.25, -0.2) is 47.2 Å². The summed E-state index contributed by atoms with van der Waals surface area (Å²) in [6.07, 6.45) is -4.44. The van der Waals surface area contributed by atoms with Crippen LogP contribution in [0.5, 0.6) is 34.8 Å². The number of halogens is 6. The van der Waals surface area contributed by atoms with Gasteiger partial charge in [-0.05, 0) is 38.1 Å². The molecular formula is C54H50F6N14O13S. The summed E-state index contributed by atoms with van der Waals surface area (Å²) in [5.74, 6) is -3.13. The van der Waals surface area contributed by atoms with E-state index in [-0.39, 0.29) is 92.9 Å². The van der Waals surface area contributed by atoms with E-state index in [0.717, 1.165) is 26.4 Å². The van der Waals surface area contributed by atoms with Crippen LogP contribution in [0.15, 0.2) is 85.5 Å². The normalized spacial score (nSPS) is 12.5. The Morgan fingerprint density at radius 2 is 0.966 bits per heavy atom. The summed E-state index contributed by atoms with van der Waals surface area (Å²) in [6, 6.07) is 13.9. The Bertz CT molecular complexity index is 4050. The van der Waals surface area contributed by atoms with Crippen molar-refractivity contribution in [3.63, 3.8) is 0 Å². The van der Waals surface area contributed by atoms with Gasteiger partial charge in [-0.15, -0.1) is 0 Å². The molecule has 1 saturated heterocycles. The maximum atomic E-state index is 13.7. The zero-order valence-corrected chi connectivity index (χ0v) is 48.2. The van der Waals surface area contributed by atoms with E-state index in [2.05, 4.69) is 50.7 Å². The highest BCUT2D eigenvalue weighted by atomic mass is 32.2. The minimum Gasteiger partial charge on any atom is -0.497 e. The second kappa shape index (κ2) is 25.9. The van der Waals surface area contributed by atoms with Gasteiger partial charge in [-0.2, -0.15) is 46.5 Å². The fourth-order valence-electron chi connectivity index (χ4n) is 8.44. The summed E-state index contributed by atoms with van der Waals surface area (Å²) in [7, 11) is 3.94. The van der Waals surface area contributed by atoms with Gasteiger partial charge < -0.3 is 44.2 Å². The number of carbonyl (C=O) groups is 4. The monoisotopic (exact) mass is 1250 g/mol. The molecule has 0 radical (unpaired) electrons. The second-order valence-electron chi connectivity index (χ2n) is 18.5. The van der Waals surface area contributed by atoms with Gasteiger partial charge >= 0.3 is 18.3 Å². The molecule has 7 heterocycles. The minimum absolute atomic E-state index is 0.0162. The lowest BCUT2D eigenvalue weighted by atomic mass is 10.1. The van der Waals surface area contributed by atoms with Crippen molar-refractivity contribution in [1.82, 2.24) is 59.1 Å². The number of aromatic carboxylic acids is 1. The van der Waals surface area contributed by atoms with Crippen molar-refractivity contribution < 1.29 is 87.5 Å². The fourth-order valence-corrected chi connectivity index (χ4v) is 9.36. The van der Waals surface area contributed by atoms with E-state index in [1.54, 1.807) is 36.4 Å². The first-order valence-electron chi connectivity index (χ1n) is 25.4. The molecule has 0 bridgehead atoms. The number of ether oxygens (including phenoxy) is 6. The van der Waals surface area contributed by atoms with Crippen molar-refractivity contribution in [3.05, 3.63) is 119 Å². The third-order valence-corrected chi connectivity index (χ3v) is 13.9. The van der Waals surface area contributed by atoms with E-state index in [1.807, 2.05) is 4.72 Å². The maximum absolute atomic E-state index is 13.7.